The van der Waals surface area contributed by atoms with E-state index in [1.165, 1.54) is 0 Å². The molecule has 5 heavy (non-hydrogen) atoms. The third-order valence-corrected chi connectivity index (χ3v) is 0.556. The van der Waals surface area contributed by atoms with Crippen LogP contribution in [0.1, 0.15) is 0 Å². The number of carbonyl (C=O) groups is 1. The maximum absolute atomic E-state index is 9.29. The van der Waals surface area contributed by atoms with E-state index in [9.17, 15) is 4.79 Å². The minimum Gasteiger partial charge on any atom is -0.512 e. The molecule has 29 valence electrons. The molecule has 0 atom stereocenters. The summed E-state index contributed by atoms with van der Waals surface area (Å²) >= 11 is 0. The molecule has 0 aliphatic carbocycles. The molecule has 4 heteroatoms. The highest BCUT2D eigenvalue weighted by Crippen LogP contribution is 1.57. The molecule has 0 heterocycles. The molecule has 0 saturated carbocycles. The van der Waals surface area contributed by atoms with Gasteiger partial charge in [0, 0.05) is 0 Å². The van der Waals surface area contributed by atoms with Crippen LogP contribution in [0, 0.1) is 0 Å². The number of amides is 1. The summed E-state index contributed by atoms with van der Waals surface area (Å²) < 4.78 is 3.92. The molecule has 0 unspecified atom stereocenters. The molecule has 0 aromatic carbocycles. The standard InChI is InChI=1S/CH4NO2Si/c2-1(3)4-5/h2H,5H3. The first kappa shape index (κ1) is 4.49. The Morgan fingerprint density at radius 1 is 2.00 bits per heavy atom. The van der Waals surface area contributed by atoms with E-state index < -0.39 is 6.09 Å². The van der Waals surface area contributed by atoms with Gasteiger partial charge < -0.3 is 4.43 Å². The summed E-state index contributed by atoms with van der Waals surface area (Å²) in [6, 6.07) is 0. The minimum atomic E-state index is -0.934. The Hall–Kier alpha value is -0.513. The van der Waals surface area contributed by atoms with Gasteiger partial charge in [-0.25, -0.2) is 10.5 Å². The van der Waals surface area contributed by atoms with Gasteiger partial charge in [-0.15, -0.1) is 0 Å². The second-order valence-corrected chi connectivity index (χ2v) is 0.900. The molecule has 0 fully saturated rings. The largest absolute Gasteiger partial charge is 0.512 e. The predicted molar refractivity (Wildman–Crippen MR) is 19.5 cm³/mol. The van der Waals surface area contributed by atoms with E-state index in [0.29, 0.717) is 10.5 Å². The summed E-state index contributed by atoms with van der Waals surface area (Å²) in [5.41, 5.74) is 6.00. The van der Waals surface area contributed by atoms with Crippen LogP contribution in [-0.4, -0.2) is 16.6 Å². The Kier molecular flexibility index (Phi) is 1.59. The average molecular weight is 90.1 g/mol. The second-order valence-electron chi connectivity index (χ2n) is 0.492. The zero-order valence-electron chi connectivity index (χ0n) is 2.82. The molecule has 0 rings (SSSR count). The quantitative estimate of drug-likeness (QED) is 0.347. The fraction of sp³-hybridized carbons (Fsp3) is 0. The van der Waals surface area contributed by atoms with Crippen LogP contribution in [0.4, 0.5) is 4.79 Å². The van der Waals surface area contributed by atoms with Crippen LogP contribution in [0.25, 0.3) is 0 Å². The highest BCUT2D eigenvalue weighted by Gasteiger charge is 1.77. The SMILES string of the molecule is [NH]C(=O)O[SiH3]. The Labute approximate surface area is 32.6 Å². The van der Waals surface area contributed by atoms with E-state index in [4.69, 9.17) is 5.73 Å². The zero-order chi connectivity index (χ0) is 4.28. The molecule has 0 aromatic rings. The Bertz CT molecular complexity index is 44.9. The molecule has 3 nitrogen and oxygen atoms in total. The fourth-order valence-electron chi connectivity index (χ4n) is 0. The van der Waals surface area contributed by atoms with Gasteiger partial charge >= 0.3 is 6.09 Å². The van der Waals surface area contributed by atoms with Crippen molar-refractivity contribution in [3.8, 4) is 0 Å². The van der Waals surface area contributed by atoms with Crippen LogP contribution in [0.3, 0.4) is 0 Å². The summed E-state index contributed by atoms with van der Waals surface area (Å²) in [5, 5.41) is 0. The molecular weight excluding hydrogens is 86.1 g/mol. The maximum Gasteiger partial charge on any atom is 0.411 e. The lowest BCUT2D eigenvalue weighted by atomic mass is 11.3. The monoisotopic (exact) mass is 90.0 g/mol. The van der Waals surface area contributed by atoms with Crippen LogP contribution < -0.4 is 5.73 Å². The number of nitrogens with one attached hydrogen (secondary N) is 1. The Morgan fingerprint density at radius 3 is 2.20 bits per heavy atom. The van der Waals surface area contributed by atoms with Crippen LogP contribution in [0.5, 0.6) is 0 Å². The second kappa shape index (κ2) is 1.77. The van der Waals surface area contributed by atoms with Crippen LogP contribution in [0.15, 0.2) is 0 Å². The summed E-state index contributed by atoms with van der Waals surface area (Å²) in [6.07, 6.45) is -0.934. The van der Waals surface area contributed by atoms with Crippen molar-refractivity contribution in [1.82, 2.24) is 5.73 Å². The molecule has 0 saturated heterocycles. The third kappa shape index (κ3) is 3.49. The molecule has 0 aromatic heterocycles. The van der Waals surface area contributed by atoms with Gasteiger partial charge in [-0.3, -0.25) is 0 Å². The van der Waals surface area contributed by atoms with Crippen molar-refractivity contribution in [3.05, 3.63) is 0 Å². The van der Waals surface area contributed by atoms with Gasteiger partial charge in [0.1, 0.15) is 0 Å². The average Bonchev–Trinajstić information content (AvgIpc) is 1.38. The van der Waals surface area contributed by atoms with Crippen LogP contribution in [0.2, 0.25) is 0 Å². The molecule has 1 radical (unpaired) electrons. The molecule has 1 N–H and O–H groups in total. The van der Waals surface area contributed by atoms with Crippen molar-refractivity contribution in [2.24, 2.45) is 0 Å². The summed E-state index contributed by atoms with van der Waals surface area (Å²) in [4.78, 5) is 9.29. The number of hydrogen-bond donors (Lipinski definition) is 0. The number of carbonyl (C=O) groups excluding carboxylic acids is 1. The predicted octanol–water partition coefficient (Wildman–Crippen LogP) is -1.31. The molecule has 0 aliphatic rings. The van der Waals surface area contributed by atoms with Crippen LogP contribution in [-0.2, 0) is 4.43 Å². The van der Waals surface area contributed by atoms with E-state index in [2.05, 4.69) is 4.43 Å². The highest BCUT2D eigenvalue weighted by molar-refractivity contribution is 6.04. The lowest BCUT2D eigenvalue weighted by molar-refractivity contribution is 0.213. The molecule has 0 aliphatic heterocycles. The van der Waals surface area contributed by atoms with Crippen molar-refractivity contribution >= 4 is 16.6 Å². The van der Waals surface area contributed by atoms with Gasteiger partial charge in [0.05, 0.1) is 0 Å². The van der Waals surface area contributed by atoms with Crippen molar-refractivity contribution in [1.29, 1.82) is 0 Å². The first-order chi connectivity index (χ1) is 2.27. The minimum absolute atomic E-state index is 0.336. The summed E-state index contributed by atoms with van der Waals surface area (Å²) in [5.74, 6) is 0. The number of rotatable bonds is 0. The van der Waals surface area contributed by atoms with E-state index in [1.807, 2.05) is 0 Å². The summed E-state index contributed by atoms with van der Waals surface area (Å²) in [7, 11) is 0.336. The van der Waals surface area contributed by atoms with Gasteiger partial charge in [0.15, 0.2) is 0 Å². The van der Waals surface area contributed by atoms with Gasteiger partial charge in [0.2, 0.25) is 10.5 Å². The lowest BCUT2D eigenvalue weighted by Crippen LogP contribution is -1.96. The van der Waals surface area contributed by atoms with Crippen molar-refractivity contribution < 1.29 is 9.22 Å². The molecule has 0 bridgehead atoms. The third-order valence-electron chi connectivity index (χ3n) is 0.185. The molecular formula is CH4NO2Si. The van der Waals surface area contributed by atoms with Gasteiger partial charge in [0.25, 0.3) is 0 Å². The first-order valence-electron chi connectivity index (χ1n) is 1.07. The highest BCUT2D eigenvalue weighted by atomic mass is 28.2. The van der Waals surface area contributed by atoms with Gasteiger partial charge in [-0.05, 0) is 0 Å². The zero-order valence-corrected chi connectivity index (χ0v) is 4.82. The number of hydrogen-bond acceptors (Lipinski definition) is 2. The molecule has 1 amide bonds. The van der Waals surface area contributed by atoms with E-state index in [-0.39, 0.29) is 0 Å². The Balaban J connectivity index is 2.85. The van der Waals surface area contributed by atoms with E-state index >= 15 is 0 Å². The maximum atomic E-state index is 9.29. The summed E-state index contributed by atoms with van der Waals surface area (Å²) in [6.45, 7) is 0. The lowest BCUT2D eigenvalue weighted by Gasteiger charge is -1.80. The van der Waals surface area contributed by atoms with Crippen LogP contribution >= 0.6 is 0 Å². The first-order valence-corrected chi connectivity index (χ1v) is 1.88. The van der Waals surface area contributed by atoms with Gasteiger partial charge in [-0.1, -0.05) is 0 Å². The van der Waals surface area contributed by atoms with Crippen molar-refractivity contribution in [3.63, 3.8) is 0 Å². The Morgan fingerprint density at radius 2 is 2.20 bits per heavy atom. The fourth-order valence-corrected chi connectivity index (χ4v) is 0. The van der Waals surface area contributed by atoms with E-state index in [0.717, 1.165) is 0 Å². The van der Waals surface area contributed by atoms with Gasteiger partial charge in [-0.2, -0.15) is 0 Å². The normalized spacial score (nSPS) is 7.20. The molecule has 0 spiro atoms. The van der Waals surface area contributed by atoms with E-state index in [1.54, 1.807) is 0 Å². The smallest absolute Gasteiger partial charge is 0.411 e. The van der Waals surface area contributed by atoms with Crippen molar-refractivity contribution in [2.45, 2.75) is 0 Å². The van der Waals surface area contributed by atoms with Crippen molar-refractivity contribution in [2.75, 3.05) is 0 Å². The topological polar surface area (TPSA) is 50.1 Å².